The quantitative estimate of drug-likeness (QED) is 0.898. The van der Waals surface area contributed by atoms with Gasteiger partial charge in [0.2, 0.25) is 0 Å². The first kappa shape index (κ1) is 13.6. The summed E-state index contributed by atoms with van der Waals surface area (Å²) in [7, 11) is 1.68. The molecule has 1 aromatic carbocycles. The Morgan fingerprint density at radius 1 is 1.37 bits per heavy atom. The van der Waals surface area contributed by atoms with E-state index < -0.39 is 0 Å². The van der Waals surface area contributed by atoms with E-state index >= 15 is 0 Å². The van der Waals surface area contributed by atoms with E-state index in [0.717, 1.165) is 18.0 Å². The molecule has 0 aliphatic rings. The van der Waals surface area contributed by atoms with Crippen molar-refractivity contribution in [1.29, 1.82) is 0 Å². The summed E-state index contributed by atoms with van der Waals surface area (Å²) < 4.78 is 7.34. The van der Waals surface area contributed by atoms with Gasteiger partial charge >= 0.3 is 0 Å². The minimum absolute atomic E-state index is 0.00751. The highest BCUT2D eigenvalue weighted by molar-refractivity contribution is 5.29. The first-order valence-electron chi connectivity index (χ1n) is 6.50. The van der Waals surface area contributed by atoms with E-state index in [1.54, 1.807) is 7.11 Å². The lowest BCUT2D eigenvalue weighted by Crippen LogP contribution is -2.20. The highest BCUT2D eigenvalue weighted by Crippen LogP contribution is 2.20. The second kappa shape index (κ2) is 5.89. The van der Waals surface area contributed by atoms with Crippen LogP contribution in [0.5, 0.6) is 5.75 Å². The molecule has 0 aliphatic heterocycles. The van der Waals surface area contributed by atoms with Crippen molar-refractivity contribution in [2.45, 2.75) is 26.4 Å². The van der Waals surface area contributed by atoms with Crippen molar-refractivity contribution >= 4 is 0 Å². The van der Waals surface area contributed by atoms with Crippen molar-refractivity contribution in [2.75, 3.05) is 7.11 Å². The summed E-state index contributed by atoms with van der Waals surface area (Å²) in [4.78, 5) is 4.22. The normalized spacial score (nSPS) is 12.7. The molecule has 1 heterocycles. The Bertz CT molecular complexity index is 534. The summed E-state index contributed by atoms with van der Waals surface area (Å²) in [5.41, 5.74) is 8.45. The summed E-state index contributed by atoms with van der Waals surface area (Å²) in [5, 5.41) is 0. The Morgan fingerprint density at radius 3 is 2.84 bits per heavy atom. The fourth-order valence-corrected chi connectivity index (χ4v) is 2.05. The van der Waals surface area contributed by atoms with Crippen molar-refractivity contribution in [1.82, 2.24) is 9.55 Å². The maximum atomic E-state index is 6.21. The van der Waals surface area contributed by atoms with Crippen LogP contribution < -0.4 is 10.5 Å². The highest BCUT2D eigenvalue weighted by Gasteiger charge is 2.15. The van der Waals surface area contributed by atoms with Crippen LogP contribution in [0.15, 0.2) is 36.8 Å². The largest absolute Gasteiger partial charge is 0.497 e. The van der Waals surface area contributed by atoms with Crippen molar-refractivity contribution in [3.8, 4) is 5.75 Å². The Labute approximate surface area is 114 Å². The minimum atomic E-state index is 0.00751. The molecule has 1 atom stereocenters. The highest BCUT2D eigenvalue weighted by atomic mass is 16.5. The van der Waals surface area contributed by atoms with E-state index in [1.807, 2.05) is 30.7 Å². The van der Waals surface area contributed by atoms with Crippen LogP contribution >= 0.6 is 0 Å². The molecule has 0 amide bonds. The topological polar surface area (TPSA) is 53.1 Å². The molecule has 0 fully saturated rings. The average Bonchev–Trinajstić information content (AvgIpc) is 2.86. The third-order valence-electron chi connectivity index (χ3n) is 3.29. The van der Waals surface area contributed by atoms with Crippen molar-refractivity contribution in [3.05, 3.63) is 48.0 Å². The summed E-state index contributed by atoms with van der Waals surface area (Å²) in [6.45, 7) is 4.99. The smallest absolute Gasteiger partial charge is 0.119 e. The van der Waals surface area contributed by atoms with Gasteiger partial charge in [0.15, 0.2) is 0 Å². The number of aromatic nitrogens is 2. The molecule has 0 radical (unpaired) electrons. The molecular formula is C15H21N3O. The number of ether oxygens (including phenoxy) is 1. The zero-order valence-electron chi connectivity index (χ0n) is 11.7. The summed E-state index contributed by atoms with van der Waals surface area (Å²) >= 11 is 0. The van der Waals surface area contributed by atoms with Crippen LogP contribution in [0.25, 0.3) is 0 Å². The van der Waals surface area contributed by atoms with Gasteiger partial charge in [-0.05, 0) is 23.6 Å². The van der Waals surface area contributed by atoms with E-state index in [4.69, 9.17) is 10.5 Å². The van der Waals surface area contributed by atoms with Crippen LogP contribution in [0.3, 0.4) is 0 Å². The monoisotopic (exact) mass is 259 g/mol. The number of hydrogen-bond acceptors (Lipinski definition) is 3. The Hall–Kier alpha value is -1.81. The number of nitrogens with two attached hydrogens (primary N) is 1. The Kier molecular flexibility index (Phi) is 4.22. The number of rotatable bonds is 5. The van der Waals surface area contributed by atoms with Gasteiger partial charge in [0, 0.05) is 18.8 Å². The second-order valence-electron chi connectivity index (χ2n) is 5.07. The third kappa shape index (κ3) is 3.15. The van der Waals surface area contributed by atoms with Crippen LogP contribution in [-0.4, -0.2) is 16.7 Å². The molecule has 0 aliphatic carbocycles. The van der Waals surface area contributed by atoms with E-state index in [0.29, 0.717) is 5.92 Å². The molecule has 2 rings (SSSR count). The molecule has 4 heteroatoms. The second-order valence-corrected chi connectivity index (χ2v) is 5.07. The summed E-state index contributed by atoms with van der Waals surface area (Å²) in [5.74, 6) is 1.26. The van der Waals surface area contributed by atoms with Crippen LogP contribution in [-0.2, 0) is 6.54 Å². The van der Waals surface area contributed by atoms with Gasteiger partial charge in [-0.25, -0.2) is 4.98 Å². The van der Waals surface area contributed by atoms with Crippen LogP contribution in [0.4, 0.5) is 0 Å². The molecular weight excluding hydrogens is 238 g/mol. The first-order chi connectivity index (χ1) is 9.11. The number of benzene rings is 1. The molecule has 0 bridgehead atoms. The molecule has 19 heavy (non-hydrogen) atoms. The van der Waals surface area contributed by atoms with Crippen LogP contribution in [0, 0.1) is 5.92 Å². The minimum Gasteiger partial charge on any atom is -0.497 e. The molecule has 0 saturated carbocycles. The SMILES string of the molecule is COc1cccc(Cn2cncc2C(N)C(C)C)c1. The molecule has 2 N–H and O–H groups in total. The Balaban J connectivity index is 2.21. The van der Waals surface area contributed by atoms with E-state index in [1.165, 1.54) is 5.56 Å². The molecule has 4 nitrogen and oxygen atoms in total. The lowest BCUT2D eigenvalue weighted by Gasteiger charge is -2.18. The zero-order chi connectivity index (χ0) is 13.8. The molecule has 0 spiro atoms. The molecule has 1 unspecified atom stereocenters. The van der Waals surface area contributed by atoms with Crippen LogP contribution in [0.1, 0.15) is 31.1 Å². The van der Waals surface area contributed by atoms with E-state index in [2.05, 4.69) is 29.5 Å². The van der Waals surface area contributed by atoms with Gasteiger partial charge in [-0.1, -0.05) is 26.0 Å². The van der Waals surface area contributed by atoms with Crippen LogP contribution in [0.2, 0.25) is 0 Å². The predicted octanol–water partition coefficient (Wildman–Crippen LogP) is 2.60. The number of nitrogens with zero attached hydrogens (tertiary/aromatic N) is 2. The third-order valence-corrected chi connectivity index (χ3v) is 3.29. The maximum absolute atomic E-state index is 6.21. The Morgan fingerprint density at radius 2 is 2.16 bits per heavy atom. The van der Waals surface area contributed by atoms with Gasteiger partial charge < -0.3 is 15.0 Å². The molecule has 2 aromatic rings. The van der Waals surface area contributed by atoms with E-state index in [-0.39, 0.29) is 6.04 Å². The first-order valence-corrected chi connectivity index (χ1v) is 6.50. The number of methoxy groups -OCH3 is 1. The lowest BCUT2D eigenvalue weighted by molar-refractivity contribution is 0.414. The van der Waals surface area contributed by atoms with Gasteiger partial charge in [-0.15, -0.1) is 0 Å². The van der Waals surface area contributed by atoms with Gasteiger partial charge in [0.1, 0.15) is 5.75 Å². The van der Waals surface area contributed by atoms with Gasteiger partial charge in [-0.2, -0.15) is 0 Å². The fraction of sp³-hybridized carbons (Fsp3) is 0.400. The standard InChI is InChI=1S/C15H21N3O/c1-11(2)15(16)14-8-17-10-18(14)9-12-5-4-6-13(7-12)19-3/h4-8,10-11,15H,9,16H2,1-3H3. The van der Waals surface area contributed by atoms with Crippen molar-refractivity contribution in [2.24, 2.45) is 11.7 Å². The van der Waals surface area contributed by atoms with Crippen molar-refractivity contribution < 1.29 is 4.74 Å². The van der Waals surface area contributed by atoms with Gasteiger partial charge in [-0.3, -0.25) is 0 Å². The average molecular weight is 259 g/mol. The van der Waals surface area contributed by atoms with Gasteiger partial charge in [0.25, 0.3) is 0 Å². The van der Waals surface area contributed by atoms with Crippen molar-refractivity contribution in [3.63, 3.8) is 0 Å². The number of imidazole rings is 1. The fourth-order valence-electron chi connectivity index (χ4n) is 2.05. The van der Waals surface area contributed by atoms with Gasteiger partial charge in [0.05, 0.1) is 19.1 Å². The molecule has 102 valence electrons. The molecule has 0 saturated heterocycles. The maximum Gasteiger partial charge on any atom is 0.119 e. The predicted molar refractivity (Wildman–Crippen MR) is 76.1 cm³/mol. The summed E-state index contributed by atoms with van der Waals surface area (Å²) in [6.07, 6.45) is 3.68. The van der Waals surface area contributed by atoms with E-state index in [9.17, 15) is 0 Å². The zero-order valence-corrected chi connectivity index (χ0v) is 11.7. The number of hydrogen-bond donors (Lipinski definition) is 1. The lowest BCUT2D eigenvalue weighted by atomic mass is 10.0. The summed E-state index contributed by atoms with van der Waals surface area (Å²) in [6, 6.07) is 8.05. The molecule has 1 aromatic heterocycles.